The number of thioether (sulfide) groups is 2. The van der Waals surface area contributed by atoms with E-state index in [-0.39, 0.29) is 0 Å². The Morgan fingerprint density at radius 3 is 3.08 bits per heavy atom. The molecule has 0 amide bonds. The van der Waals surface area contributed by atoms with Gasteiger partial charge in [-0.1, -0.05) is 23.5 Å². The van der Waals surface area contributed by atoms with Gasteiger partial charge in [-0.15, -0.1) is 10.2 Å². The average molecular weight is 200 g/mol. The van der Waals surface area contributed by atoms with Crippen molar-refractivity contribution in [3.63, 3.8) is 0 Å². The molecule has 0 aromatic carbocycles. The smallest absolute Gasteiger partial charge is 0.181 e. The number of fused-ring (bicyclic) bond motifs is 1. The quantitative estimate of drug-likeness (QED) is 0.641. The summed E-state index contributed by atoms with van der Waals surface area (Å²) in [7, 11) is 0. The van der Waals surface area contributed by atoms with Crippen LogP contribution >= 0.6 is 23.5 Å². The van der Waals surface area contributed by atoms with Crippen LogP contribution in [0.5, 0.6) is 0 Å². The summed E-state index contributed by atoms with van der Waals surface area (Å²) in [5, 5.41) is 14.1. The highest BCUT2D eigenvalue weighted by molar-refractivity contribution is 8.00. The molecule has 6 heteroatoms. The van der Waals surface area contributed by atoms with Crippen LogP contribution in [0.15, 0.2) is 15.4 Å². The van der Waals surface area contributed by atoms with Crippen LogP contribution in [0.2, 0.25) is 0 Å². The lowest BCUT2D eigenvalue weighted by atomic mass is 10.5. The zero-order valence-electron chi connectivity index (χ0n) is 6.81. The molecule has 2 heterocycles. The van der Waals surface area contributed by atoms with Crippen molar-refractivity contribution >= 4 is 29.2 Å². The maximum atomic E-state index is 4.34. The van der Waals surface area contributed by atoms with Crippen molar-refractivity contribution in [2.45, 2.75) is 17.2 Å². The van der Waals surface area contributed by atoms with E-state index >= 15 is 0 Å². The molecular weight excluding hydrogens is 192 g/mol. The summed E-state index contributed by atoms with van der Waals surface area (Å²) >= 11 is 3.24. The fraction of sp³-hybridized carbons (Fsp3) is 0.500. The lowest BCUT2D eigenvalue weighted by Crippen LogP contribution is -2.08. The number of hydrogen-bond donors (Lipinski definition) is 0. The van der Waals surface area contributed by atoms with Crippen molar-refractivity contribution in [2.75, 3.05) is 12.0 Å². The molecule has 12 heavy (non-hydrogen) atoms. The minimum absolute atomic E-state index is 0.858. The third kappa shape index (κ3) is 1.25. The van der Waals surface area contributed by atoms with Gasteiger partial charge in [0.1, 0.15) is 0 Å². The SMILES string of the molecule is CSc1nnc2n1N=C(C)CS2. The van der Waals surface area contributed by atoms with Crippen molar-refractivity contribution in [1.29, 1.82) is 0 Å². The van der Waals surface area contributed by atoms with E-state index in [9.17, 15) is 0 Å². The van der Waals surface area contributed by atoms with Crippen LogP contribution in [0, 0.1) is 0 Å². The minimum atomic E-state index is 0.858. The van der Waals surface area contributed by atoms with Gasteiger partial charge in [-0.05, 0) is 13.2 Å². The summed E-state index contributed by atoms with van der Waals surface area (Å²) < 4.78 is 1.80. The Kier molecular flexibility index (Phi) is 2.10. The van der Waals surface area contributed by atoms with Crippen LogP contribution in [0.25, 0.3) is 0 Å². The molecule has 0 N–H and O–H groups in total. The van der Waals surface area contributed by atoms with E-state index in [1.807, 2.05) is 13.2 Å². The van der Waals surface area contributed by atoms with Crippen LogP contribution < -0.4 is 0 Å². The lowest BCUT2D eigenvalue weighted by molar-refractivity contribution is 0.693. The molecule has 0 fully saturated rings. The van der Waals surface area contributed by atoms with Crippen LogP contribution in [0.3, 0.4) is 0 Å². The Morgan fingerprint density at radius 2 is 2.33 bits per heavy atom. The highest BCUT2D eigenvalue weighted by atomic mass is 32.2. The molecule has 1 aromatic heterocycles. The van der Waals surface area contributed by atoms with Crippen molar-refractivity contribution < 1.29 is 0 Å². The number of rotatable bonds is 1. The second-order valence-corrected chi connectivity index (χ2v) is 4.12. The molecule has 0 bridgehead atoms. The van der Waals surface area contributed by atoms with Gasteiger partial charge in [0.25, 0.3) is 0 Å². The normalized spacial score (nSPS) is 15.7. The van der Waals surface area contributed by atoms with Crippen molar-refractivity contribution in [2.24, 2.45) is 5.10 Å². The van der Waals surface area contributed by atoms with Crippen molar-refractivity contribution in [3.05, 3.63) is 0 Å². The van der Waals surface area contributed by atoms with Gasteiger partial charge in [0.05, 0.1) is 0 Å². The van der Waals surface area contributed by atoms with Crippen molar-refractivity contribution in [1.82, 2.24) is 14.9 Å². The van der Waals surface area contributed by atoms with Gasteiger partial charge in [0.15, 0.2) is 0 Å². The summed E-state index contributed by atoms with van der Waals surface area (Å²) in [5.74, 6) is 0.923. The highest BCUT2D eigenvalue weighted by Crippen LogP contribution is 2.24. The molecule has 0 aliphatic carbocycles. The summed E-state index contributed by atoms with van der Waals surface area (Å²) in [4.78, 5) is 0. The molecule has 1 aromatic rings. The predicted molar refractivity (Wildman–Crippen MR) is 51.0 cm³/mol. The van der Waals surface area contributed by atoms with Crippen LogP contribution in [0.4, 0.5) is 0 Å². The Labute approximate surface area is 78.8 Å². The van der Waals surface area contributed by atoms with Gasteiger partial charge in [-0.3, -0.25) is 0 Å². The Balaban J connectivity index is 2.49. The minimum Gasteiger partial charge on any atom is -0.181 e. The van der Waals surface area contributed by atoms with Crippen LogP contribution in [-0.2, 0) is 0 Å². The molecular formula is C6H8N4S2. The average Bonchev–Trinajstić information content (AvgIpc) is 2.46. The Morgan fingerprint density at radius 1 is 1.50 bits per heavy atom. The predicted octanol–water partition coefficient (Wildman–Crippen LogP) is 1.33. The largest absolute Gasteiger partial charge is 0.213 e. The van der Waals surface area contributed by atoms with Gasteiger partial charge < -0.3 is 0 Å². The van der Waals surface area contributed by atoms with E-state index in [0.717, 1.165) is 21.8 Å². The van der Waals surface area contributed by atoms with Crippen LogP contribution in [0.1, 0.15) is 6.92 Å². The van der Waals surface area contributed by atoms with Gasteiger partial charge in [0, 0.05) is 11.5 Å². The maximum Gasteiger partial charge on any atom is 0.213 e. The number of nitrogens with zero attached hydrogens (tertiary/aromatic N) is 4. The van der Waals surface area contributed by atoms with Gasteiger partial charge in [0.2, 0.25) is 10.3 Å². The first-order chi connectivity index (χ1) is 5.81. The fourth-order valence-corrected chi connectivity index (χ4v) is 2.15. The summed E-state index contributed by atoms with van der Waals surface area (Å²) in [6.45, 7) is 2.01. The highest BCUT2D eigenvalue weighted by Gasteiger charge is 2.15. The Hall–Kier alpha value is -0.490. The standard InChI is InChI=1S/C6H8N4S2/c1-4-3-12-6-8-7-5(11-2)10(6)9-4/h3H2,1-2H3. The molecule has 64 valence electrons. The second kappa shape index (κ2) is 3.10. The summed E-state index contributed by atoms with van der Waals surface area (Å²) in [6.07, 6.45) is 1.97. The van der Waals surface area contributed by atoms with E-state index in [2.05, 4.69) is 15.3 Å². The molecule has 0 radical (unpaired) electrons. The molecule has 0 saturated heterocycles. The third-order valence-electron chi connectivity index (χ3n) is 1.45. The van der Waals surface area contributed by atoms with Crippen molar-refractivity contribution in [3.8, 4) is 0 Å². The zero-order valence-corrected chi connectivity index (χ0v) is 8.45. The van der Waals surface area contributed by atoms with Gasteiger partial charge in [-0.25, -0.2) is 0 Å². The van der Waals surface area contributed by atoms with Crippen LogP contribution in [-0.4, -0.2) is 32.6 Å². The molecule has 1 aliphatic heterocycles. The zero-order chi connectivity index (χ0) is 8.55. The maximum absolute atomic E-state index is 4.34. The first kappa shape index (κ1) is 8.12. The monoisotopic (exact) mass is 200 g/mol. The second-order valence-electron chi connectivity index (χ2n) is 2.41. The molecule has 4 nitrogen and oxygen atoms in total. The molecule has 0 spiro atoms. The lowest BCUT2D eigenvalue weighted by Gasteiger charge is -2.08. The number of hydrogen-bond acceptors (Lipinski definition) is 5. The van der Waals surface area contributed by atoms with E-state index < -0.39 is 0 Å². The molecule has 0 atom stereocenters. The molecule has 2 rings (SSSR count). The summed E-state index contributed by atoms with van der Waals surface area (Å²) in [6, 6.07) is 0. The summed E-state index contributed by atoms with van der Waals surface area (Å²) in [5.41, 5.74) is 1.11. The number of aromatic nitrogens is 3. The van der Waals surface area contributed by atoms with E-state index in [1.54, 1.807) is 28.2 Å². The first-order valence-electron chi connectivity index (χ1n) is 3.48. The van der Waals surface area contributed by atoms with E-state index in [1.165, 1.54) is 0 Å². The molecule has 0 saturated carbocycles. The Bertz CT molecular complexity index is 330. The van der Waals surface area contributed by atoms with Gasteiger partial charge >= 0.3 is 0 Å². The molecule has 1 aliphatic rings. The van der Waals surface area contributed by atoms with E-state index in [0.29, 0.717) is 0 Å². The first-order valence-corrected chi connectivity index (χ1v) is 5.69. The topological polar surface area (TPSA) is 43.1 Å². The fourth-order valence-electron chi connectivity index (χ4n) is 0.924. The van der Waals surface area contributed by atoms with E-state index in [4.69, 9.17) is 0 Å². The van der Waals surface area contributed by atoms with Gasteiger partial charge in [-0.2, -0.15) is 9.78 Å². The third-order valence-corrected chi connectivity index (χ3v) is 3.14. The molecule has 0 unspecified atom stereocenters.